The Hall–Kier alpha value is -1.76. The maximum atomic E-state index is 8.73. The lowest BCUT2D eigenvalue weighted by Gasteiger charge is -2.21. The number of nitrogen functional groups attached to an aromatic ring is 1. The number of pyridine rings is 1. The average molecular weight is 204 g/mol. The van der Waals surface area contributed by atoms with E-state index in [1.807, 2.05) is 31.9 Å². The van der Waals surface area contributed by atoms with Gasteiger partial charge in [-0.25, -0.2) is 4.98 Å². The van der Waals surface area contributed by atoms with Crippen LogP contribution in [-0.4, -0.2) is 18.6 Å². The van der Waals surface area contributed by atoms with E-state index in [4.69, 9.17) is 11.0 Å². The molecule has 0 fully saturated rings. The lowest BCUT2D eigenvalue weighted by molar-refractivity contribution is 0.709. The molecule has 1 aromatic rings. The molecule has 0 bridgehead atoms. The fraction of sp³-hybridized carbons (Fsp3) is 0.455. The first-order valence-corrected chi connectivity index (χ1v) is 4.87. The molecule has 0 radical (unpaired) electrons. The van der Waals surface area contributed by atoms with Crippen LogP contribution in [0.2, 0.25) is 0 Å². The van der Waals surface area contributed by atoms with Crippen LogP contribution < -0.4 is 10.6 Å². The van der Waals surface area contributed by atoms with Crippen molar-refractivity contribution in [1.29, 1.82) is 5.26 Å². The fourth-order valence-corrected chi connectivity index (χ4v) is 1.53. The predicted octanol–water partition coefficient (Wildman–Crippen LogP) is 1.57. The fourth-order valence-electron chi connectivity index (χ4n) is 1.53. The van der Waals surface area contributed by atoms with Crippen LogP contribution in [0.15, 0.2) is 12.3 Å². The highest BCUT2D eigenvalue weighted by Crippen LogP contribution is 2.18. The van der Waals surface area contributed by atoms with Gasteiger partial charge in [-0.15, -0.1) is 0 Å². The number of hydrogen-bond donors (Lipinski definition) is 1. The normalized spacial score (nSPS) is 11.9. The number of nitrogens with two attached hydrogens (primary N) is 1. The molecule has 80 valence electrons. The largest absolute Gasteiger partial charge is 0.397 e. The molecule has 0 aliphatic rings. The van der Waals surface area contributed by atoms with E-state index in [0.29, 0.717) is 12.2 Å². The van der Waals surface area contributed by atoms with Crippen molar-refractivity contribution in [1.82, 2.24) is 4.98 Å². The van der Waals surface area contributed by atoms with E-state index in [0.717, 1.165) is 11.4 Å². The molecule has 0 saturated heterocycles. The summed E-state index contributed by atoms with van der Waals surface area (Å²) in [6.45, 7) is 4.53. The number of hydrogen-bond acceptors (Lipinski definition) is 4. The molecule has 0 aromatic carbocycles. The molecule has 0 amide bonds. The van der Waals surface area contributed by atoms with E-state index in [2.05, 4.69) is 11.1 Å². The third kappa shape index (κ3) is 2.84. The van der Waals surface area contributed by atoms with Gasteiger partial charge in [-0.1, -0.05) is 0 Å². The Labute approximate surface area is 90.3 Å². The van der Waals surface area contributed by atoms with Crippen LogP contribution in [0.1, 0.15) is 12.5 Å². The lowest BCUT2D eigenvalue weighted by Crippen LogP contribution is -2.24. The average Bonchev–Trinajstić information content (AvgIpc) is 2.17. The Kier molecular flexibility index (Phi) is 3.51. The smallest absolute Gasteiger partial charge is 0.131 e. The van der Waals surface area contributed by atoms with E-state index < -0.39 is 0 Å². The van der Waals surface area contributed by atoms with Crippen LogP contribution >= 0.6 is 0 Å². The van der Waals surface area contributed by atoms with Gasteiger partial charge in [0.2, 0.25) is 0 Å². The summed E-state index contributed by atoms with van der Waals surface area (Å²) >= 11 is 0. The highest BCUT2D eigenvalue weighted by molar-refractivity contribution is 5.52. The van der Waals surface area contributed by atoms with Gasteiger partial charge in [0.05, 0.1) is 23.9 Å². The molecule has 0 saturated carbocycles. The number of nitrogens with zero attached hydrogens (tertiary/aromatic N) is 3. The zero-order valence-electron chi connectivity index (χ0n) is 9.36. The Morgan fingerprint density at radius 3 is 2.87 bits per heavy atom. The summed E-state index contributed by atoms with van der Waals surface area (Å²) in [7, 11) is 1.93. The lowest BCUT2D eigenvalue weighted by atomic mass is 10.2. The summed E-state index contributed by atoms with van der Waals surface area (Å²) in [6, 6.07) is 4.09. The zero-order chi connectivity index (χ0) is 11.4. The molecule has 0 spiro atoms. The summed E-state index contributed by atoms with van der Waals surface area (Å²) in [5.74, 6) is 0.875. The minimum absolute atomic E-state index is 0.00578. The van der Waals surface area contributed by atoms with Crippen LogP contribution in [0.25, 0.3) is 0 Å². The van der Waals surface area contributed by atoms with Crippen LogP contribution in [0, 0.1) is 24.2 Å². The van der Waals surface area contributed by atoms with Crippen molar-refractivity contribution >= 4 is 11.5 Å². The van der Waals surface area contributed by atoms with Crippen molar-refractivity contribution < 1.29 is 0 Å². The molecule has 4 heteroatoms. The highest BCUT2D eigenvalue weighted by atomic mass is 15.2. The van der Waals surface area contributed by atoms with Gasteiger partial charge >= 0.3 is 0 Å². The van der Waals surface area contributed by atoms with Crippen LogP contribution in [0.4, 0.5) is 11.5 Å². The second kappa shape index (κ2) is 4.65. The standard InChI is InChI=1S/C11H16N4/c1-8(5-12)7-15(3)11-9(2)4-10(13)6-14-11/h4,6,8H,7,13H2,1-3H3. The van der Waals surface area contributed by atoms with Gasteiger partial charge in [-0.2, -0.15) is 5.26 Å². The number of aryl methyl sites for hydroxylation is 1. The SMILES string of the molecule is Cc1cc(N)cnc1N(C)CC(C)C#N. The van der Waals surface area contributed by atoms with Gasteiger partial charge in [0.1, 0.15) is 5.82 Å². The van der Waals surface area contributed by atoms with Crippen molar-refractivity contribution in [2.45, 2.75) is 13.8 Å². The summed E-state index contributed by atoms with van der Waals surface area (Å²) in [5, 5.41) is 8.73. The number of rotatable bonds is 3. The van der Waals surface area contributed by atoms with Crippen molar-refractivity contribution in [2.75, 3.05) is 24.2 Å². The molecule has 1 unspecified atom stereocenters. The Bertz CT molecular complexity index is 381. The van der Waals surface area contributed by atoms with Crippen LogP contribution in [0.3, 0.4) is 0 Å². The number of anilines is 2. The molecule has 0 aliphatic heterocycles. The van der Waals surface area contributed by atoms with E-state index in [1.165, 1.54) is 0 Å². The number of nitriles is 1. The van der Waals surface area contributed by atoms with E-state index in [1.54, 1.807) is 6.20 Å². The third-order valence-electron chi connectivity index (χ3n) is 2.20. The quantitative estimate of drug-likeness (QED) is 0.811. The molecule has 2 N–H and O–H groups in total. The Balaban J connectivity index is 2.83. The monoisotopic (exact) mass is 204 g/mol. The second-order valence-corrected chi connectivity index (χ2v) is 3.82. The van der Waals surface area contributed by atoms with Crippen LogP contribution in [0.5, 0.6) is 0 Å². The van der Waals surface area contributed by atoms with Crippen molar-refractivity contribution in [3.63, 3.8) is 0 Å². The molecule has 15 heavy (non-hydrogen) atoms. The van der Waals surface area contributed by atoms with E-state index in [-0.39, 0.29) is 5.92 Å². The highest BCUT2D eigenvalue weighted by Gasteiger charge is 2.09. The molecular formula is C11H16N4. The summed E-state index contributed by atoms with van der Waals surface area (Å²) in [4.78, 5) is 6.23. The topological polar surface area (TPSA) is 65.9 Å². The van der Waals surface area contributed by atoms with E-state index >= 15 is 0 Å². The molecule has 0 aliphatic carbocycles. The Morgan fingerprint density at radius 1 is 1.67 bits per heavy atom. The van der Waals surface area contributed by atoms with Crippen molar-refractivity contribution in [2.24, 2.45) is 5.92 Å². The zero-order valence-corrected chi connectivity index (χ0v) is 9.36. The first kappa shape index (κ1) is 11.3. The third-order valence-corrected chi connectivity index (χ3v) is 2.20. The van der Waals surface area contributed by atoms with Crippen molar-refractivity contribution in [3.8, 4) is 6.07 Å². The Morgan fingerprint density at radius 2 is 2.33 bits per heavy atom. The second-order valence-electron chi connectivity index (χ2n) is 3.82. The van der Waals surface area contributed by atoms with Gasteiger partial charge in [-0.05, 0) is 25.5 Å². The molecule has 1 atom stereocenters. The maximum absolute atomic E-state index is 8.73. The number of aromatic nitrogens is 1. The molecule has 1 rings (SSSR count). The first-order chi connectivity index (χ1) is 7.04. The van der Waals surface area contributed by atoms with Gasteiger partial charge in [0, 0.05) is 13.6 Å². The minimum atomic E-state index is -0.00578. The predicted molar refractivity (Wildman–Crippen MR) is 61.4 cm³/mol. The molecule has 1 heterocycles. The first-order valence-electron chi connectivity index (χ1n) is 4.87. The summed E-state index contributed by atoms with van der Waals surface area (Å²) in [6.07, 6.45) is 1.63. The van der Waals surface area contributed by atoms with Gasteiger partial charge < -0.3 is 10.6 Å². The van der Waals surface area contributed by atoms with Gasteiger partial charge in [-0.3, -0.25) is 0 Å². The maximum Gasteiger partial charge on any atom is 0.131 e. The van der Waals surface area contributed by atoms with Crippen molar-refractivity contribution in [3.05, 3.63) is 17.8 Å². The van der Waals surface area contributed by atoms with Gasteiger partial charge in [0.15, 0.2) is 0 Å². The van der Waals surface area contributed by atoms with E-state index in [9.17, 15) is 0 Å². The summed E-state index contributed by atoms with van der Waals surface area (Å²) in [5.41, 5.74) is 7.32. The minimum Gasteiger partial charge on any atom is -0.397 e. The molecule has 4 nitrogen and oxygen atoms in total. The summed E-state index contributed by atoms with van der Waals surface area (Å²) < 4.78 is 0. The van der Waals surface area contributed by atoms with Crippen LogP contribution in [-0.2, 0) is 0 Å². The molecule has 1 aromatic heterocycles. The molecular weight excluding hydrogens is 188 g/mol. The van der Waals surface area contributed by atoms with Gasteiger partial charge in [0.25, 0.3) is 0 Å².